The number of thiol groups is 1. The Morgan fingerprint density at radius 3 is 2.48 bits per heavy atom. The molecule has 1 saturated heterocycles. The zero-order valence-corrected chi connectivity index (χ0v) is 16.9. The summed E-state index contributed by atoms with van der Waals surface area (Å²) in [5, 5.41) is 0.105. The maximum atomic E-state index is 12.7. The zero-order chi connectivity index (χ0) is 19.3. The van der Waals surface area contributed by atoms with E-state index in [4.69, 9.17) is 4.74 Å². The standard InChI is InChI=1S/C21H23NO3S2/c1-2-6-19(15-17-7-4-3-5-8-17)25-18-9-11-21(12-10-18)27(23,24)22-14-13-20(26)16-22/h3-5,7-12,19-20,26H,13-16H2,1H3/t19?,20-/m0/s1. The molecule has 0 spiro atoms. The molecule has 6 heteroatoms. The fourth-order valence-electron chi connectivity index (χ4n) is 3.04. The molecule has 0 radical (unpaired) electrons. The van der Waals surface area contributed by atoms with Crippen molar-refractivity contribution in [3.63, 3.8) is 0 Å². The summed E-state index contributed by atoms with van der Waals surface area (Å²) in [7, 11) is -3.47. The first-order valence-corrected chi connectivity index (χ1v) is 10.9. The van der Waals surface area contributed by atoms with Gasteiger partial charge in [-0.3, -0.25) is 0 Å². The van der Waals surface area contributed by atoms with Gasteiger partial charge in [0.15, 0.2) is 6.10 Å². The molecule has 1 fully saturated rings. The number of hydrogen-bond donors (Lipinski definition) is 1. The normalized spacial score (nSPS) is 18.5. The molecular weight excluding hydrogens is 378 g/mol. The number of benzene rings is 2. The van der Waals surface area contributed by atoms with Gasteiger partial charge < -0.3 is 4.74 Å². The second-order valence-corrected chi connectivity index (χ2v) is 9.14. The maximum Gasteiger partial charge on any atom is 0.243 e. The Bertz CT molecular complexity index is 915. The third-order valence-electron chi connectivity index (χ3n) is 4.44. The molecule has 0 N–H and O–H groups in total. The molecule has 2 atom stereocenters. The number of rotatable bonds is 6. The van der Waals surface area contributed by atoms with Gasteiger partial charge in [0, 0.05) is 24.8 Å². The Morgan fingerprint density at radius 2 is 1.89 bits per heavy atom. The third-order valence-corrected chi connectivity index (χ3v) is 6.74. The number of sulfonamides is 1. The van der Waals surface area contributed by atoms with Crippen LogP contribution in [0.5, 0.6) is 5.75 Å². The van der Waals surface area contributed by atoms with Crippen LogP contribution in [-0.2, 0) is 16.4 Å². The SMILES string of the molecule is CC#CC(Cc1ccccc1)Oc1ccc(S(=O)(=O)N2CC[C@H](S)C2)cc1. The molecule has 4 nitrogen and oxygen atoms in total. The van der Waals surface area contributed by atoms with Crippen LogP contribution in [0, 0.1) is 11.8 Å². The van der Waals surface area contributed by atoms with Crippen LogP contribution in [0.4, 0.5) is 0 Å². The fraction of sp³-hybridized carbons (Fsp3) is 0.333. The Morgan fingerprint density at radius 1 is 1.19 bits per heavy atom. The minimum absolute atomic E-state index is 0.105. The van der Waals surface area contributed by atoms with Gasteiger partial charge in [0.2, 0.25) is 10.0 Å². The highest BCUT2D eigenvalue weighted by molar-refractivity contribution is 7.89. The van der Waals surface area contributed by atoms with Crippen molar-refractivity contribution in [1.82, 2.24) is 4.31 Å². The summed E-state index contributed by atoms with van der Waals surface area (Å²) < 4.78 is 32.8. The van der Waals surface area contributed by atoms with E-state index in [2.05, 4.69) is 24.5 Å². The van der Waals surface area contributed by atoms with Crippen LogP contribution in [0.1, 0.15) is 18.9 Å². The highest BCUT2D eigenvalue weighted by Crippen LogP contribution is 2.25. The summed E-state index contributed by atoms with van der Waals surface area (Å²) >= 11 is 4.37. The highest BCUT2D eigenvalue weighted by atomic mass is 32.2. The van der Waals surface area contributed by atoms with Crippen molar-refractivity contribution in [3.8, 4) is 17.6 Å². The average molecular weight is 402 g/mol. The first-order valence-electron chi connectivity index (χ1n) is 8.90. The van der Waals surface area contributed by atoms with E-state index in [9.17, 15) is 8.42 Å². The van der Waals surface area contributed by atoms with Crippen LogP contribution >= 0.6 is 12.6 Å². The molecule has 27 heavy (non-hydrogen) atoms. The maximum absolute atomic E-state index is 12.7. The topological polar surface area (TPSA) is 46.6 Å². The molecule has 0 aliphatic carbocycles. The van der Waals surface area contributed by atoms with Gasteiger partial charge >= 0.3 is 0 Å². The van der Waals surface area contributed by atoms with E-state index < -0.39 is 10.0 Å². The van der Waals surface area contributed by atoms with Crippen LogP contribution < -0.4 is 4.74 Å². The summed E-state index contributed by atoms with van der Waals surface area (Å²) in [4.78, 5) is 0.276. The lowest BCUT2D eigenvalue weighted by molar-refractivity contribution is 0.259. The van der Waals surface area contributed by atoms with E-state index >= 15 is 0 Å². The van der Waals surface area contributed by atoms with Crippen molar-refractivity contribution in [1.29, 1.82) is 0 Å². The number of ether oxygens (including phenoxy) is 1. The van der Waals surface area contributed by atoms with Gasteiger partial charge in [-0.05, 0) is 43.2 Å². The second-order valence-electron chi connectivity index (χ2n) is 6.47. The van der Waals surface area contributed by atoms with Crippen molar-refractivity contribution in [3.05, 3.63) is 60.2 Å². The second kappa shape index (κ2) is 8.83. The molecule has 142 valence electrons. The van der Waals surface area contributed by atoms with E-state index in [1.807, 2.05) is 30.3 Å². The quantitative estimate of drug-likeness (QED) is 0.596. The molecule has 0 aromatic heterocycles. The molecule has 0 amide bonds. The predicted octanol–water partition coefficient (Wildman–Crippen LogP) is 3.39. The summed E-state index contributed by atoms with van der Waals surface area (Å²) in [6, 6.07) is 16.6. The Balaban J connectivity index is 1.71. The monoisotopic (exact) mass is 401 g/mol. The first-order chi connectivity index (χ1) is 13.0. The molecule has 0 bridgehead atoms. The molecule has 1 aliphatic heterocycles. The van der Waals surface area contributed by atoms with Crippen LogP contribution in [0.2, 0.25) is 0 Å². The van der Waals surface area contributed by atoms with Crippen molar-refractivity contribution in [2.45, 2.75) is 36.0 Å². The van der Waals surface area contributed by atoms with Crippen molar-refractivity contribution >= 4 is 22.7 Å². The minimum atomic E-state index is -3.47. The summed E-state index contributed by atoms with van der Waals surface area (Å²) in [6.07, 6.45) is 1.16. The predicted molar refractivity (Wildman–Crippen MR) is 111 cm³/mol. The molecule has 2 aromatic carbocycles. The van der Waals surface area contributed by atoms with E-state index in [1.54, 1.807) is 31.2 Å². The fourth-order valence-corrected chi connectivity index (χ4v) is 4.97. The van der Waals surface area contributed by atoms with Crippen LogP contribution in [0.3, 0.4) is 0 Å². The Labute approximate surface area is 167 Å². The minimum Gasteiger partial charge on any atom is -0.477 e. The first kappa shape index (κ1) is 19.8. The Kier molecular flexibility index (Phi) is 6.48. The highest BCUT2D eigenvalue weighted by Gasteiger charge is 2.31. The number of nitrogens with zero attached hydrogens (tertiary/aromatic N) is 1. The van der Waals surface area contributed by atoms with Gasteiger partial charge in [0.25, 0.3) is 0 Å². The summed E-state index contributed by atoms with van der Waals surface area (Å²) in [5.41, 5.74) is 1.14. The Hall–Kier alpha value is -1.94. The lowest BCUT2D eigenvalue weighted by atomic mass is 10.1. The van der Waals surface area contributed by atoms with Gasteiger partial charge in [-0.1, -0.05) is 36.3 Å². The van der Waals surface area contributed by atoms with E-state index in [0.29, 0.717) is 25.3 Å². The van der Waals surface area contributed by atoms with Crippen LogP contribution in [0.15, 0.2) is 59.5 Å². The van der Waals surface area contributed by atoms with Gasteiger partial charge in [-0.2, -0.15) is 16.9 Å². The largest absolute Gasteiger partial charge is 0.477 e. The van der Waals surface area contributed by atoms with Gasteiger partial charge in [-0.25, -0.2) is 8.42 Å². The molecule has 3 rings (SSSR count). The van der Waals surface area contributed by atoms with Crippen molar-refractivity contribution in [2.24, 2.45) is 0 Å². The number of hydrogen-bond acceptors (Lipinski definition) is 4. The zero-order valence-electron chi connectivity index (χ0n) is 15.2. The third kappa shape index (κ3) is 5.07. The molecular formula is C21H23NO3S2. The average Bonchev–Trinajstić information content (AvgIpc) is 3.10. The molecule has 1 unspecified atom stereocenters. The lowest BCUT2D eigenvalue weighted by Crippen LogP contribution is -2.29. The van der Waals surface area contributed by atoms with Crippen LogP contribution in [-0.4, -0.2) is 37.2 Å². The molecule has 2 aromatic rings. The van der Waals surface area contributed by atoms with Crippen molar-refractivity contribution < 1.29 is 13.2 Å². The smallest absolute Gasteiger partial charge is 0.243 e. The van der Waals surface area contributed by atoms with Crippen LogP contribution in [0.25, 0.3) is 0 Å². The molecule has 1 aliphatic rings. The van der Waals surface area contributed by atoms with Crippen molar-refractivity contribution in [2.75, 3.05) is 13.1 Å². The van der Waals surface area contributed by atoms with E-state index in [0.717, 1.165) is 12.0 Å². The molecule has 1 heterocycles. The molecule has 0 saturated carbocycles. The van der Waals surface area contributed by atoms with Gasteiger partial charge in [-0.15, -0.1) is 5.92 Å². The van der Waals surface area contributed by atoms with Gasteiger partial charge in [0.1, 0.15) is 5.75 Å². The van der Waals surface area contributed by atoms with E-state index in [1.165, 1.54) is 4.31 Å². The lowest BCUT2D eigenvalue weighted by Gasteiger charge is -2.17. The summed E-state index contributed by atoms with van der Waals surface area (Å²) in [6.45, 7) is 2.75. The summed E-state index contributed by atoms with van der Waals surface area (Å²) in [5.74, 6) is 6.57. The van der Waals surface area contributed by atoms with E-state index in [-0.39, 0.29) is 16.2 Å². The van der Waals surface area contributed by atoms with Gasteiger partial charge in [0.05, 0.1) is 4.90 Å².